The van der Waals surface area contributed by atoms with Gasteiger partial charge in [0.1, 0.15) is 0 Å². The third-order valence-electron chi connectivity index (χ3n) is 6.21. The molecule has 0 saturated carbocycles. The van der Waals surface area contributed by atoms with Gasteiger partial charge in [-0.05, 0) is 37.1 Å². The second-order valence-electron chi connectivity index (χ2n) is 9.06. The molecule has 3 aromatic rings. The molecular formula is C28H37N5O5S. The number of nitrogens with one attached hydrogen (secondary N) is 1. The van der Waals surface area contributed by atoms with E-state index in [1.54, 1.807) is 49.6 Å². The highest BCUT2D eigenvalue weighted by Gasteiger charge is 2.33. The van der Waals surface area contributed by atoms with E-state index in [-0.39, 0.29) is 28.9 Å². The number of aromatic nitrogens is 2. The molecule has 39 heavy (non-hydrogen) atoms. The minimum Gasteiger partial charge on any atom is -0.493 e. The van der Waals surface area contributed by atoms with Crippen LogP contribution in [0.25, 0.3) is 0 Å². The lowest BCUT2D eigenvalue weighted by Gasteiger charge is -2.30. The van der Waals surface area contributed by atoms with Crippen LogP contribution in [0.2, 0.25) is 0 Å². The van der Waals surface area contributed by atoms with Gasteiger partial charge >= 0.3 is 0 Å². The Hall–Kier alpha value is -3.57. The van der Waals surface area contributed by atoms with Crippen molar-refractivity contribution in [3.63, 3.8) is 0 Å². The Morgan fingerprint density at radius 1 is 0.949 bits per heavy atom. The van der Waals surface area contributed by atoms with Gasteiger partial charge in [0.05, 0.1) is 18.6 Å². The summed E-state index contributed by atoms with van der Waals surface area (Å²) >= 11 is 0. The lowest BCUT2D eigenvalue weighted by atomic mass is 10.3. The van der Waals surface area contributed by atoms with Crippen molar-refractivity contribution in [1.29, 1.82) is 0 Å². The van der Waals surface area contributed by atoms with E-state index in [1.807, 2.05) is 30.9 Å². The van der Waals surface area contributed by atoms with Crippen molar-refractivity contribution < 1.29 is 22.6 Å². The lowest BCUT2D eigenvalue weighted by Crippen LogP contribution is -2.44. The first kappa shape index (κ1) is 28.4. The molecule has 0 aliphatic carbocycles. The summed E-state index contributed by atoms with van der Waals surface area (Å²) in [4.78, 5) is 11.8. The molecule has 4 rings (SSSR count). The second-order valence-corrected chi connectivity index (χ2v) is 10.9. The van der Waals surface area contributed by atoms with E-state index in [4.69, 9.17) is 24.2 Å². The molecule has 2 heterocycles. The first-order valence-corrected chi connectivity index (χ1v) is 14.8. The zero-order valence-electron chi connectivity index (χ0n) is 22.8. The number of sulfonamides is 1. The molecule has 0 amide bonds. The fraction of sp³-hybridized carbons (Fsp3) is 0.429. The number of benzene rings is 2. The fourth-order valence-electron chi connectivity index (χ4n) is 4.14. The average molecular weight is 556 g/mol. The highest BCUT2D eigenvalue weighted by molar-refractivity contribution is 7.92. The van der Waals surface area contributed by atoms with Gasteiger partial charge in [-0.15, -0.1) is 0 Å². The van der Waals surface area contributed by atoms with E-state index in [0.717, 1.165) is 25.9 Å². The van der Waals surface area contributed by atoms with Crippen molar-refractivity contribution in [3.05, 3.63) is 54.6 Å². The molecule has 10 nitrogen and oxygen atoms in total. The molecule has 1 aromatic heterocycles. The second kappa shape index (κ2) is 13.5. The van der Waals surface area contributed by atoms with Crippen molar-refractivity contribution in [3.8, 4) is 23.1 Å². The lowest BCUT2D eigenvalue weighted by molar-refractivity contribution is 0.286. The van der Waals surface area contributed by atoms with Crippen LogP contribution in [0.5, 0.6) is 23.1 Å². The summed E-state index contributed by atoms with van der Waals surface area (Å²) in [5.41, 5.74) is 0. The Kier molecular flexibility index (Phi) is 9.83. The van der Waals surface area contributed by atoms with E-state index < -0.39 is 10.0 Å². The highest BCUT2D eigenvalue weighted by Crippen LogP contribution is 2.44. The van der Waals surface area contributed by atoms with E-state index in [0.29, 0.717) is 43.6 Å². The maximum atomic E-state index is 14.1. The van der Waals surface area contributed by atoms with Crippen molar-refractivity contribution in [1.82, 2.24) is 15.3 Å². The Morgan fingerprint density at radius 3 is 2.31 bits per heavy atom. The summed E-state index contributed by atoms with van der Waals surface area (Å²) in [7, 11) is -2.45. The van der Waals surface area contributed by atoms with Gasteiger partial charge in [0.15, 0.2) is 17.3 Å². The third-order valence-corrected chi connectivity index (χ3v) is 8.01. The number of rotatable bonds is 13. The molecule has 1 aliphatic rings. The van der Waals surface area contributed by atoms with E-state index in [1.165, 1.54) is 4.31 Å². The smallest absolute Gasteiger partial charge is 0.265 e. The SMILES string of the molecule is CCCCN(c1nc(N2CCNCC2)nc(OCCC)c1Oc1ccccc1OC)S(=O)(=O)c1ccccc1. The molecule has 1 N–H and O–H groups in total. The number of nitrogens with zero attached hydrogens (tertiary/aromatic N) is 4. The van der Waals surface area contributed by atoms with E-state index in [2.05, 4.69) is 5.32 Å². The molecule has 0 bridgehead atoms. The average Bonchev–Trinajstić information content (AvgIpc) is 2.98. The predicted molar refractivity (Wildman–Crippen MR) is 152 cm³/mol. The van der Waals surface area contributed by atoms with Crippen LogP contribution in [-0.2, 0) is 10.0 Å². The summed E-state index contributed by atoms with van der Waals surface area (Å²) in [5.74, 6) is 1.73. The molecule has 210 valence electrons. The van der Waals surface area contributed by atoms with Gasteiger partial charge in [-0.25, -0.2) is 12.7 Å². The van der Waals surface area contributed by atoms with Crippen molar-refractivity contribution >= 4 is 21.8 Å². The maximum Gasteiger partial charge on any atom is 0.265 e. The van der Waals surface area contributed by atoms with Crippen molar-refractivity contribution in [2.24, 2.45) is 0 Å². The van der Waals surface area contributed by atoms with Gasteiger partial charge in [-0.2, -0.15) is 9.97 Å². The van der Waals surface area contributed by atoms with E-state index >= 15 is 0 Å². The first-order chi connectivity index (χ1) is 19.0. The largest absolute Gasteiger partial charge is 0.493 e. The maximum absolute atomic E-state index is 14.1. The topological polar surface area (TPSA) is 106 Å². The number of hydrogen-bond acceptors (Lipinski definition) is 9. The number of piperazine rings is 1. The first-order valence-electron chi connectivity index (χ1n) is 13.4. The number of para-hydroxylation sites is 2. The minimum atomic E-state index is -4.00. The molecule has 1 saturated heterocycles. The number of methoxy groups -OCH3 is 1. The van der Waals surface area contributed by atoms with Crippen LogP contribution in [0, 0.1) is 0 Å². The molecule has 1 fully saturated rings. The molecule has 2 aromatic carbocycles. The predicted octanol–water partition coefficient (Wildman–Crippen LogP) is 4.47. The van der Waals surface area contributed by atoms with Crippen LogP contribution in [0.1, 0.15) is 33.1 Å². The number of anilines is 2. The normalized spacial score (nSPS) is 13.7. The quantitative estimate of drug-likeness (QED) is 0.327. The number of ether oxygens (including phenoxy) is 3. The van der Waals surface area contributed by atoms with Gasteiger partial charge in [-0.3, -0.25) is 0 Å². The monoisotopic (exact) mass is 555 g/mol. The summed E-state index contributed by atoms with van der Waals surface area (Å²) in [6.45, 7) is 7.49. The van der Waals surface area contributed by atoms with Gasteiger partial charge < -0.3 is 24.4 Å². The Morgan fingerprint density at radius 2 is 1.64 bits per heavy atom. The van der Waals surface area contributed by atoms with Crippen LogP contribution in [-0.4, -0.2) is 64.8 Å². The minimum absolute atomic E-state index is 0.127. The zero-order valence-corrected chi connectivity index (χ0v) is 23.6. The van der Waals surface area contributed by atoms with Crippen molar-refractivity contribution in [2.75, 3.05) is 55.6 Å². The summed E-state index contributed by atoms with van der Waals surface area (Å²) in [6.07, 6.45) is 2.15. The van der Waals surface area contributed by atoms with Crippen LogP contribution in [0.4, 0.5) is 11.8 Å². The molecule has 0 spiro atoms. The van der Waals surface area contributed by atoms with Crippen LogP contribution in [0.3, 0.4) is 0 Å². The van der Waals surface area contributed by atoms with Gasteiger partial charge in [0.25, 0.3) is 15.9 Å². The Bertz CT molecular complexity index is 1320. The van der Waals surface area contributed by atoms with Crippen LogP contribution < -0.4 is 28.7 Å². The molecular weight excluding hydrogens is 518 g/mol. The summed E-state index contributed by atoms with van der Waals surface area (Å²) < 4.78 is 47.5. The Labute approximate surface area is 231 Å². The van der Waals surface area contributed by atoms with Crippen molar-refractivity contribution in [2.45, 2.75) is 38.0 Å². The van der Waals surface area contributed by atoms with Gasteiger partial charge in [0.2, 0.25) is 11.7 Å². The van der Waals surface area contributed by atoms with Gasteiger partial charge in [-0.1, -0.05) is 50.6 Å². The molecule has 0 atom stereocenters. The molecule has 0 unspecified atom stereocenters. The molecule has 0 radical (unpaired) electrons. The van der Waals surface area contributed by atoms with Gasteiger partial charge in [0, 0.05) is 32.7 Å². The molecule has 1 aliphatic heterocycles. The zero-order chi connectivity index (χ0) is 27.7. The number of hydrogen-bond donors (Lipinski definition) is 1. The highest BCUT2D eigenvalue weighted by atomic mass is 32.2. The standard InChI is InChI=1S/C28H37N5O5S/c1-4-6-18-33(39(34,35)22-12-8-7-9-13-22)26-25(38-24-15-11-10-14-23(24)36-3)27(37-21-5-2)31-28(30-26)32-19-16-29-17-20-32/h7-15,29H,4-6,16-21H2,1-3H3. The number of unbranched alkanes of at least 4 members (excludes halogenated alkanes) is 1. The summed E-state index contributed by atoms with van der Waals surface area (Å²) in [5, 5.41) is 3.33. The third kappa shape index (κ3) is 6.72. The fourth-order valence-corrected chi connectivity index (χ4v) is 5.62. The van der Waals surface area contributed by atoms with Crippen LogP contribution in [0.15, 0.2) is 59.5 Å². The molecule has 11 heteroatoms. The van der Waals surface area contributed by atoms with E-state index in [9.17, 15) is 8.42 Å². The Balaban J connectivity index is 1.95. The van der Waals surface area contributed by atoms with Crippen LogP contribution >= 0.6 is 0 Å². The summed E-state index contributed by atoms with van der Waals surface area (Å²) in [6, 6.07) is 15.5.